The first-order chi connectivity index (χ1) is 11.1. The molecule has 2 aliphatic heterocycles. The molecule has 3 nitrogen and oxygen atoms in total. The maximum absolute atomic E-state index is 5.39. The minimum Gasteiger partial charge on any atom is -0.332 e. The first kappa shape index (κ1) is 20.5. The van der Waals surface area contributed by atoms with E-state index in [-0.39, 0.29) is 22.3 Å². The van der Waals surface area contributed by atoms with E-state index >= 15 is 0 Å². The zero-order valence-electron chi connectivity index (χ0n) is 18.6. The molecule has 0 bridgehead atoms. The van der Waals surface area contributed by atoms with Crippen molar-refractivity contribution in [2.75, 3.05) is 20.6 Å². The SMILES string of the molecule is CN(C)C1CC2=C(CC(C)(C)C)C(C(C)(C)C)N=C(C(C)(C)C)N2C1. The third-order valence-electron chi connectivity index (χ3n) is 5.30. The predicted octanol–water partition coefficient (Wildman–Crippen LogP) is 5.19. The highest BCUT2D eigenvalue weighted by atomic mass is 15.3. The first-order valence-electron chi connectivity index (χ1n) is 9.85. The lowest BCUT2D eigenvalue weighted by Crippen LogP contribution is -2.46. The smallest absolute Gasteiger partial charge is 0.109 e. The molecule has 0 radical (unpaired) electrons. The van der Waals surface area contributed by atoms with Gasteiger partial charge in [0.05, 0.1) is 6.04 Å². The largest absolute Gasteiger partial charge is 0.332 e. The second-order valence-corrected chi connectivity index (χ2v) is 11.6. The molecule has 0 aromatic heterocycles. The summed E-state index contributed by atoms with van der Waals surface area (Å²) in [4.78, 5) is 10.3. The molecule has 0 aliphatic carbocycles. The molecular formula is C22H41N3. The van der Waals surface area contributed by atoms with Crippen LogP contribution < -0.4 is 0 Å². The number of fused-ring (bicyclic) bond motifs is 1. The van der Waals surface area contributed by atoms with Crippen LogP contribution in [0, 0.1) is 16.2 Å². The normalized spacial score (nSPS) is 25.6. The average Bonchev–Trinajstić information content (AvgIpc) is 2.79. The van der Waals surface area contributed by atoms with Gasteiger partial charge >= 0.3 is 0 Å². The third-order valence-corrected chi connectivity index (χ3v) is 5.30. The van der Waals surface area contributed by atoms with Gasteiger partial charge in [-0.05, 0) is 36.9 Å². The molecule has 2 unspecified atom stereocenters. The monoisotopic (exact) mass is 347 g/mol. The third kappa shape index (κ3) is 4.48. The van der Waals surface area contributed by atoms with Crippen LogP contribution in [0.3, 0.4) is 0 Å². The molecule has 2 aliphatic rings. The van der Waals surface area contributed by atoms with E-state index in [2.05, 4.69) is 86.2 Å². The summed E-state index contributed by atoms with van der Waals surface area (Å²) in [6, 6.07) is 0.865. The fraction of sp³-hybridized carbons (Fsp3) is 0.864. The molecule has 1 saturated heterocycles. The number of hydrogen-bond donors (Lipinski definition) is 0. The molecule has 0 aromatic carbocycles. The lowest BCUT2D eigenvalue weighted by molar-refractivity contribution is 0.286. The molecular weight excluding hydrogens is 306 g/mol. The van der Waals surface area contributed by atoms with Crippen molar-refractivity contribution in [1.29, 1.82) is 0 Å². The summed E-state index contributed by atoms with van der Waals surface area (Å²) in [6.45, 7) is 22.1. The van der Waals surface area contributed by atoms with Gasteiger partial charge in [0.25, 0.3) is 0 Å². The van der Waals surface area contributed by atoms with E-state index in [0.29, 0.717) is 6.04 Å². The summed E-state index contributed by atoms with van der Waals surface area (Å²) >= 11 is 0. The highest BCUT2D eigenvalue weighted by molar-refractivity contribution is 5.90. The van der Waals surface area contributed by atoms with Crippen LogP contribution >= 0.6 is 0 Å². The Morgan fingerprint density at radius 3 is 1.96 bits per heavy atom. The van der Waals surface area contributed by atoms with E-state index in [4.69, 9.17) is 4.99 Å². The molecule has 0 saturated carbocycles. The standard InChI is InChI=1S/C22H41N3/c1-20(2,3)13-16-17-12-15(24(10)11)14-25(17)19(22(7,8)9)23-18(16)21(4,5)6/h15,18H,12-14H2,1-11H3. The van der Waals surface area contributed by atoms with Gasteiger partial charge in [-0.3, -0.25) is 4.99 Å². The topological polar surface area (TPSA) is 18.8 Å². The Morgan fingerprint density at radius 1 is 1.00 bits per heavy atom. The molecule has 25 heavy (non-hydrogen) atoms. The maximum atomic E-state index is 5.39. The molecule has 0 amide bonds. The van der Waals surface area contributed by atoms with Crippen molar-refractivity contribution < 1.29 is 0 Å². The summed E-state index contributed by atoms with van der Waals surface area (Å²) in [6.07, 6.45) is 2.28. The zero-order chi connectivity index (χ0) is 19.4. The fourth-order valence-corrected chi connectivity index (χ4v) is 4.10. The van der Waals surface area contributed by atoms with Gasteiger partial charge in [-0.2, -0.15) is 0 Å². The molecule has 144 valence electrons. The fourth-order valence-electron chi connectivity index (χ4n) is 4.10. The van der Waals surface area contributed by atoms with Gasteiger partial charge in [-0.1, -0.05) is 62.3 Å². The second kappa shape index (κ2) is 6.40. The number of aliphatic imine (C=N–C) groups is 1. The van der Waals surface area contributed by atoms with E-state index < -0.39 is 0 Å². The molecule has 2 atom stereocenters. The minimum absolute atomic E-state index is 0.0726. The molecule has 1 fully saturated rings. The zero-order valence-corrected chi connectivity index (χ0v) is 18.6. The quantitative estimate of drug-likeness (QED) is 0.685. The van der Waals surface area contributed by atoms with Crippen molar-refractivity contribution >= 4 is 5.84 Å². The highest BCUT2D eigenvalue weighted by Gasteiger charge is 2.44. The van der Waals surface area contributed by atoms with Gasteiger partial charge in [-0.25, -0.2) is 0 Å². The molecule has 3 heteroatoms. The summed E-state index contributed by atoms with van der Waals surface area (Å²) < 4.78 is 0. The van der Waals surface area contributed by atoms with Crippen LogP contribution in [0.5, 0.6) is 0 Å². The van der Waals surface area contributed by atoms with Crippen LogP contribution in [0.2, 0.25) is 0 Å². The van der Waals surface area contributed by atoms with Crippen LogP contribution in [0.25, 0.3) is 0 Å². The Kier molecular flexibility index (Phi) is 5.25. The van der Waals surface area contributed by atoms with E-state index in [9.17, 15) is 0 Å². The van der Waals surface area contributed by atoms with Crippen molar-refractivity contribution in [1.82, 2.24) is 9.80 Å². The van der Waals surface area contributed by atoms with Crippen molar-refractivity contribution in [3.63, 3.8) is 0 Å². The Balaban J connectivity index is 2.60. The number of likely N-dealkylation sites (N-methyl/N-ethyl adjacent to an activating group) is 1. The number of nitrogens with zero attached hydrogens (tertiary/aromatic N) is 3. The Hall–Kier alpha value is -0.830. The van der Waals surface area contributed by atoms with Gasteiger partial charge < -0.3 is 9.80 Å². The van der Waals surface area contributed by atoms with Gasteiger partial charge in [0.2, 0.25) is 0 Å². The van der Waals surface area contributed by atoms with Crippen LogP contribution in [0.15, 0.2) is 16.3 Å². The number of rotatable bonds is 2. The van der Waals surface area contributed by atoms with Gasteiger partial charge in [0.15, 0.2) is 0 Å². The van der Waals surface area contributed by atoms with E-state index in [1.165, 1.54) is 5.84 Å². The van der Waals surface area contributed by atoms with Crippen molar-refractivity contribution in [2.24, 2.45) is 21.2 Å². The van der Waals surface area contributed by atoms with Gasteiger partial charge in [-0.15, -0.1) is 0 Å². The van der Waals surface area contributed by atoms with Gasteiger partial charge in [0.1, 0.15) is 5.84 Å². The summed E-state index contributed by atoms with van der Waals surface area (Å²) in [5.41, 5.74) is 3.64. The van der Waals surface area contributed by atoms with Crippen molar-refractivity contribution in [3.05, 3.63) is 11.3 Å². The minimum atomic E-state index is 0.0726. The van der Waals surface area contributed by atoms with Crippen LogP contribution in [-0.2, 0) is 0 Å². The number of hydrogen-bond acceptors (Lipinski definition) is 3. The van der Waals surface area contributed by atoms with E-state index in [1.807, 2.05) is 0 Å². The van der Waals surface area contributed by atoms with Gasteiger partial charge in [0, 0.05) is 30.1 Å². The number of amidine groups is 1. The van der Waals surface area contributed by atoms with Crippen LogP contribution in [-0.4, -0.2) is 48.4 Å². The first-order valence-corrected chi connectivity index (χ1v) is 9.85. The Labute approximate surface area is 156 Å². The van der Waals surface area contributed by atoms with Crippen LogP contribution in [0.4, 0.5) is 0 Å². The molecule has 0 aromatic rings. The predicted molar refractivity (Wildman–Crippen MR) is 110 cm³/mol. The summed E-state index contributed by atoms with van der Waals surface area (Å²) in [5.74, 6) is 1.28. The van der Waals surface area contributed by atoms with Crippen LogP contribution in [0.1, 0.15) is 75.2 Å². The molecule has 0 N–H and O–H groups in total. The Morgan fingerprint density at radius 2 is 1.56 bits per heavy atom. The average molecular weight is 348 g/mol. The molecule has 0 spiro atoms. The lowest BCUT2D eigenvalue weighted by Gasteiger charge is -2.43. The lowest BCUT2D eigenvalue weighted by atomic mass is 9.74. The molecule has 2 heterocycles. The van der Waals surface area contributed by atoms with E-state index in [1.54, 1.807) is 11.3 Å². The Bertz CT molecular complexity index is 562. The van der Waals surface area contributed by atoms with Crippen molar-refractivity contribution in [3.8, 4) is 0 Å². The summed E-state index contributed by atoms with van der Waals surface area (Å²) in [7, 11) is 4.42. The van der Waals surface area contributed by atoms with Crippen molar-refractivity contribution in [2.45, 2.75) is 87.2 Å². The molecule has 2 rings (SSSR count). The highest BCUT2D eigenvalue weighted by Crippen LogP contribution is 2.45. The summed E-state index contributed by atoms with van der Waals surface area (Å²) in [5, 5.41) is 0. The maximum Gasteiger partial charge on any atom is 0.109 e. The van der Waals surface area contributed by atoms with E-state index in [0.717, 1.165) is 19.4 Å². The second-order valence-electron chi connectivity index (χ2n) is 11.6.